The summed E-state index contributed by atoms with van der Waals surface area (Å²) in [5.74, 6) is 1.03. The summed E-state index contributed by atoms with van der Waals surface area (Å²) in [7, 11) is 0. The molecule has 1 aromatic heterocycles. The molecule has 2 heterocycles. The van der Waals surface area contributed by atoms with Crippen LogP contribution in [0.25, 0.3) is 0 Å². The normalized spacial score (nSPS) is 16.5. The molecular formula is C7H12ClN3. The van der Waals surface area contributed by atoms with Crippen molar-refractivity contribution in [1.29, 1.82) is 0 Å². The van der Waals surface area contributed by atoms with Gasteiger partial charge < -0.3 is 9.88 Å². The summed E-state index contributed by atoms with van der Waals surface area (Å²) in [5, 5.41) is 0. The number of nitrogens with zero attached hydrogens (tertiary/aromatic N) is 2. The third-order valence-electron chi connectivity index (χ3n) is 1.89. The third kappa shape index (κ3) is 1.66. The molecule has 0 aliphatic carbocycles. The van der Waals surface area contributed by atoms with E-state index < -0.39 is 0 Å². The van der Waals surface area contributed by atoms with Gasteiger partial charge in [-0.25, -0.2) is 4.98 Å². The number of nitrogens with one attached hydrogen (secondary N) is 1. The van der Waals surface area contributed by atoms with E-state index >= 15 is 0 Å². The molecule has 0 aromatic carbocycles. The van der Waals surface area contributed by atoms with Gasteiger partial charge in [-0.05, 0) is 12.8 Å². The quantitative estimate of drug-likeness (QED) is 0.697. The Labute approximate surface area is 72.2 Å². The number of aromatic nitrogens is 2. The summed E-state index contributed by atoms with van der Waals surface area (Å²) in [6.45, 7) is 2.32. The Kier molecular flexibility index (Phi) is 2.76. The molecule has 3 nitrogen and oxygen atoms in total. The fourth-order valence-electron chi connectivity index (χ4n) is 1.36. The van der Waals surface area contributed by atoms with Crippen LogP contribution in [0, 0.1) is 0 Å². The summed E-state index contributed by atoms with van der Waals surface area (Å²) in [6, 6.07) is 0. The molecule has 4 heteroatoms. The highest BCUT2D eigenvalue weighted by Gasteiger charge is 2.12. The first-order valence-electron chi connectivity index (χ1n) is 3.71. The van der Waals surface area contributed by atoms with Crippen LogP contribution in [0.5, 0.6) is 0 Å². The van der Waals surface area contributed by atoms with E-state index in [9.17, 15) is 0 Å². The van der Waals surface area contributed by atoms with E-state index in [1.165, 1.54) is 12.8 Å². The number of imidazole rings is 1. The van der Waals surface area contributed by atoms with E-state index in [2.05, 4.69) is 14.9 Å². The molecule has 0 unspecified atom stereocenters. The molecular weight excluding hydrogens is 162 g/mol. The molecule has 2 rings (SSSR count). The van der Waals surface area contributed by atoms with Gasteiger partial charge in [-0.1, -0.05) is 0 Å². The van der Waals surface area contributed by atoms with E-state index in [-0.39, 0.29) is 12.4 Å². The van der Waals surface area contributed by atoms with Crippen molar-refractivity contribution in [1.82, 2.24) is 9.97 Å². The number of anilines is 1. The molecule has 1 aromatic rings. The number of rotatable bonds is 1. The van der Waals surface area contributed by atoms with E-state index in [1.54, 1.807) is 6.20 Å². The zero-order valence-corrected chi connectivity index (χ0v) is 7.10. The topological polar surface area (TPSA) is 31.9 Å². The first-order chi connectivity index (χ1) is 4.97. The van der Waals surface area contributed by atoms with Crippen LogP contribution in [0.1, 0.15) is 12.8 Å². The lowest BCUT2D eigenvalue weighted by Crippen LogP contribution is -2.18. The number of halogens is 1. The largest absolute Gasteiger partial charge is 0.342 e. The molecule has 11 heavy (non-hydrogen) atoms. The van der Waals surface area contributed by atoms with Crippen LogP contribution >= 0.6 is 12.4 Å². The SMILES string of the molecule is Cl.c1c[nH]c(N2CCCC2)n1. The van der Waals surface area contributed by atoms with Crippen molar-refractivity contribution >= 4 is 18.4 Å². The van der Waals surface area contributed by atoms with Gasteiger partial charge in [0.25, 0.3) is 0 Å². The van der Waals surface area contributed by atoms with Crippen LogP contribution in [0.3, 0.4) is 0 Å². The maximum atomic E-state index is 4.17. The van der Waals surface area contributed by atoms with Crippen molar-refractivity contribution in [3.8, 4) is 0 Å². The highest BCUT2D eigenvalue weighted by Crippen LogP contribution is 2.13. The van der Waals surface area contributed by atoms with Crippen molar-refractivity contribution in [3.63, 3.8) is 0 Å². The Morgan fingerprint density at radius 1 is 1.36 bits per heavy atom. The zero-order valence-electron chi connectivity index (χ0n) is 6.29. The van der Waals surface area contributed by atoms with Crippen LogP contribution in [-0.4, -0.2) is 23.1 Å². The summed E-state index contributed by atoms with van der Waals surface area (Å²) < 4.78 is 0. The van der Waals surface area contributed by atoms with Crippen LogP contribution in [0.4, 0.5) is 5.95 Å². The van der Waals surface area contributed by atoms with Gasteiger partial charge in [0, 0.05) is 25.5 Å². The minimum atomic E-state index is 0. The standard InChI is InChI=1S/C7H11N3.ClH/c1-2-6-10(5-1)7-8-3-4-9-7;/h3-4H,1-2,5-6H2,(H,8,9);1H. The molecule has 0 saturated carbocycles. The summed E-state index contributed by atoms with van der Waals surface area (Å²) in [6.07, 6.45) is 6.28. The Balaban J connectivity index is 0.000000605. The Bertz CT molecular complexity index is 191. The highest BCUT2D eigenvalue weighted by molar-refractivity contribution is 5.85. The molecule has 0 amide bonds. The van der Waals surface area contributed by atoms with Gasteiger partial charge in [0.05, 0.1) is 0 Å². The second-order valence-electron chi connectivity index (χ2n) is 2.61. The smallest absolute Gasteiger partial charge is 0.202 e. The van der Waals surface area contributed by atoms with Crippen molar-refractivity contribution < 1.29 is 0 Å². The Morgan fingerprint density at radius 3 is 2.64 bits per heavy atom. The predicted octanol–water partition coefficient (Wildman–Crippen LogP) is 1.43. The second kappa shape index (κ2) is 3.62. The van der Waals surface area contributed by atoms with Crippen LogP contribution in [0.2, 0.25) is 0 Å². The predicted molar refractivity (Wildman–Crippen MR) is 47.3 cm³/mol. The van der Waals surface area contributed by atoms with E-state index in [0.717, 1.165) is 19.0 Å². The van der Waals surface area contributed by atoms with E-state index in [1.807, 2.05) is 6.20 Å². The minimum Gasteiger partial charge on any atom is -0.342 e. The monoisotopic (exact) mass is 173 g/mol. The molecule has 62 valence electrons. The molecule has 1 aliphatic rings. The molecule has 1 fully saturated rings. The lowest BCUT2D eigenvalue weighted by Gasteiger charge is -2.12. The lowest BCUT2D eigenvalue weighted by molar-refractivity contribution is 0.918. The van der Waals surface area contributed by atoms with E-state index in [4.69, 9.17) is 0 Å². The van der Waals surface area contributed by atoms with Gasteiger partial charge in [-0.15, -0.1) is 12.4 Å². The van der Waals surface area contributed by atoms with Crippen LogP contribution < -0.4 is 4.90 Å². The summed E-state index contributed by atoms with van der Waals surface area (Å²) >= 11 is 0. The van der Waals surface area contributed by atoms with Crippen molar-refractivity contribution in [2.45, 2.75) is 12.8 Å². The minimum absolute atomic E-state index is 0. The number of hydrogen-bond acceptors (Lipinski definition) is 2. The molecule has 0 bridgehead atoms. The Hall–Kier alpha value is -0.700. The van der Waals surface area contributed by atoms with Crippen LogP contribution in [-0.2, 0) is 0 Å². The third-order valence-corrected chi connectivity index (χ3v) is 1.89. The number of aromatic amines is 1. The molecule has 0 radical (unpaired) electrons. The maximum Gasteiger partial charge on any atom is 0.202 e. The van der Waals surface area contributed by atoms with Gasteiger partial charge in [-0.2, -0.15) is 0 Å². The van der Waals surface area contributed by atoms with Gasteiger partial charge in [0.2, 0.25) is 5.95 Å². The first kappa shape index (κ1) is 8.40. The van der Waals surface area contributed by atoms with Crippen molar-refractivity contribution in [2.75, 3.05) is 18.0 Å². The first-order valence-corrected chi connectivity index (χ1v) is 3.71. The average molecular weight is 174 g/mol. The molecule has 1 N–H and O–H groups in total. The van der Waals surface area contributed by atoms with Crippen molar-refractivity contribution in [3.05, 3.63) is 12.4 Å². The van der Waals surface area contributed by atoms with Gasteiger partial charge in [-0.3, -0.25) is 0 Å². The highest BCUT2D eigenvalue weighted by atomic mass is 35.5. The summed E-state index contributed by atoms with van der Waals surface area (Å²) in [4.78, 5) is 9.54. The lowest BCUT2D eigenvalue weighted by atomic mass is 10.4. The fraction of sp³-hybridized carbons (Fsp3) is 0.571. The average Bonchev–Trinajstić information content (AvgIpc) is 2.59. The van der Waals surface area contributed by atoms with Crippen molar-refractivity contribution in [2.24, 2.45) is 0 Å². The number of hydrogen-bond donors (Lipinski definition) is 1. The summed E-state index contributed by atoms with van der Waals surface area (Å²) in [5.41, 5.74) is 0. The maximum absolute atomic E-state index is 4.17. The molecule has 0 spiro atoms. The Morgan fingerprint density at radius 2 is 2.09 bits per heavy atom. The van der Waals surface area contributed by atoms with Gasteiger partial charge in [0.1, 0.15) is 0 Å². The van der Waals surface area contributed by atoms with Gasteiger partial charge >= 0.3 is 0 Å². The zero-order chi connectivity index (χ0) is 6.81. The van der Waals surface area contributed by atoms with Crippen LogP contribution in [0.15, 0.2) is 12.4 Å². The fourth-order valence-corrected chi connectivity index (χ4v) is 1.36. The molecule has 1 saturated heterocycles. The molecule has 0 atom stereocenters. The van der Waals surface area contributed by atoms with E-state index in [0.29, 0.717) is 0 Å². The second-order valence-corrected chi connectivity index (χ2v) is 2.61. The van der Waals surface area contributed by atoms with Gasteiger partial charge in [0.15, 0.2) is 0 Å². The number of H-pyrrole nitrogens is 1. The molecule has 1 aliphatic heterocycles.